The van der Waals surface area contributed by atoms with E-state index < -0.39 is 6.09 Å². The van der Waals surface area contributed by atoms with Crippen LogP contribution < -0.4 is 16.0 Å². The Balaban J connectivity index is 1.19. The van der Waals surface area contributed by atoms with Crippen molar-refractivity contribution in [3.05, 3.63) is 84.4 Å². The molecule has 1 aliphatic heterocycles. The summed E-state index contributed by atoms with van der Waals surface area (Å²) < 4.78 is 5.74. The van der Waals surface area contributed by atoms with E-state index in [1.54, 1.807) is 36.2 Å². The Hall–Kier alpha value is -4.25. The maximum absolute atomic E-state index is 13.0. The van der Waals surface area contributed by atoms with Crippen LogP contribution in [-0.4, -0.2) is 91.8 Å². The van der Waals surface area contributed by atoms with Crippen LogP contribution in [-0.2, 0) is 9.53 Å². The number of aliphatic hydroxyl groups is 1. The molecule has 0 atom stereocenters. The van der Waals surface area contributed by atoms with Crippen LogP contribution in [0.15, 0.2) is 78.9 Å². The first-order valence-corrected chi connectivity index (χ1v) is 14.2. The number of benzene rings is 3. The number of hydrogen-bond donors (Lipinski definition) is 4. The summed E-state index contributed by atoms with van der Waals surface area (Å²) in [4.78, 5) is 41.6. The van der Waals surface area contributed by atoms with Crippen molar-refractivity contribution in [1.29, 1.82) is 0 Å². The van der Waals surface area contributed by atoms with E-state index >= 15 is 0 Å². The molecule has 3 aromatic carbocycles. The summed E-state index contributed by atoms with van der Waals surface area (Å²) in [6, 6.07) is 24.4. The molecule has 0 radical (unpaired) electrons. The van der Waals surface area contributed by atoms with Gasteiger partial charge in [0.05, 0.1) is 18.8 Å². The summed E-state index contributed by atoms with van der Waals surface area (Å²) in [5.41, 5.74) is 3.70. The summed E-state index contributed by atoms with van der Waals surface area (Å²) in [5.74, 6) is -0.376. The first-order chi connectivity index (χ1) is 20.4. The van der Waals surface area contributed by atoms with Crippen LogP contribution in [0.1, 0.15) is 23.2 Å². The molecule has 0 aliphatic carbocycles. The molecule has 42 heavy (non-hydrogen) atoms. The second-order valence-corrected chi connectivity index (χ2v) is 10.2. The highest BCUT2D eigenvalue weighted by atomic mass is 16.6. The fourth-order valence-corrected chi connectivity index (χ4v) is 4.83. The number of anilines is 2. The Bertz CT molecular complexity index is 1330. The molecule has 1 fully saturated rings. The Morgan fingerprint density at radius 1 is 0.952 bits per heavy atom. The van der Waals surface area contributed by atoms with E-state index in [1.807, 2.05) is 54.6 Å². The number of rotatable bonds is 12. The van der Waals surface area contributed by atoms with Crippen molar-refractivity contribution in [3.63, 3.8) is 0 Å². The van der Waals surface area contributed by atoms with Gasteiger partial charge in [-0.1, -0.05) is 54.6 Å². The number of likely N-dealkylation sites (N-methyl/N-ethyl adjacent to an activating group) is 1. The maximum Gasteiger partial charge on any atom is 0.411 e. The molecule has 0 aromatic heterocycles. The molecule has 10 nitrogen and oxygen atoms in total. The van der Waals surface area contributed by atoms with E-state index in [0.29, 0.717) is 36.6 Å². The highest BCUT2D eigenvalue weighted by Gasteiger charge is 2.23. The zero-order chi connectivity index (χ0) is 29.7. The molecule has 1 saturated heterocycles. The first kappa shape index (κ1) is 30.7. The lowest BCUT2D eigenvalue weighted by atomic mass is 10.0. The Kier molecular flexibility index (Phi) is 11.5. The van der Waals surface area contributed by atoms with Gasteiger partial charge in [0, 0.05) is 56.6 Å². The van der Waals surface area contributed by atoms with Crippen molar-refractivity contribution in [2.24, 2.45) is 0 Å². The van der Waals surface area contributed by atoms with Crippen molar-refractivity contribution in [3.8, 4) is 11.1 Å². The van der Waals surface area contributed by atoms with E-state index in [-0.39, 0.29) is 31.1 Å². The standard InChI is InChI=1S/C32H39N5O5/c1-36(31(40)25-10-7-11-26(22-25)34-30(39)23-33-16-21-38)19-20-37-17-14-27(15-18-37)42-32(41)35-29-13-6-5-12-28(29)24-8-3-2-4-9-24/h2-13,22,27,33,38H,14-21,23H2,1H3,(H,34,39)(H,35,41). The number of nitrogens with zero attached hydrogens (tertiary/aromatic N) is 2. The lowest BCUT2D eigenvalue weighted by molar-refractivity contribution is -0.115. The molecule has 0 bridgehead atoms. The zero-order valence-corrected chi connectivity index (χ0v) is 23.9. The van der Waals surface area contributed by atoms with Gasteiger partial charge in [0.2, 0.25) is 5.91 Å². The van der Waals surface area contributed by atoms with Crippen molar-refractivity contribution >= 4 is 29.3 Å². The SMILES string of the molecule is CN(CCN1CCC(OC(=O)Nc2ccccc2-c2ccccc2)CC1)C(=O)c1cccc(NC(=O)CNCCO)c1. The first-order valence-electron chi connectivity index (χ1n) is 14.2. The molecule has 10 heteroatoms. The molecule has 3 amide bonds. The number of aliphatic hydroxyl groups excluding tert-OH is 1. The van der Waals surface area contributed by atoms with Crippen molar-refractivity contribution in [2.75, 3.05) is 63.6 Å². The Labute approximate surface area is 246 Å². The quantitative estimate of drug-likeness (QED) is 0.244. The topological polar surface area (TPSA) is 123 Å². The zero-order valence-electron chi connectivity index (χ0n) is 23.9. The third kappa shape index (κ3) is 9.13. The summed E-state index contributed by atoms with van der Waals surface area (Å²) in [6.07, 6.45) is 0.823. The molecule has 3 aromatic rings. The molecule has 0 saturated carbocycles. The van der Waals surface area contributed by atoms with Crippen LogP contribution in [0.5, 0.6) is 0 Å². The lowest BCUT2D eigenvalue weighted by Gasteiger charge is -2.32. The number of piperidine rings is 1. The fourth-order valence-electron chi connectivity index (χ4n) is 4.83. The van der Waals surface area contributed by atoms with E-state index in [0.717, 1.165) is 37.1 Å². The van der Waals surface area contributed by atoms with Crippen LogP contribution in [0, 0.1) is 0 Å². The molecule has 1 heterocycles. The van der Waals surface area contributed by atoms with Crippen molar-refractivity contribution in [2.45, 2.75) is 18.9 Å². The number of nitrogens with one attached hydrogen (secondary N) is 3. The molecular weight excluding hydrogens is 534 g/mol. The van der Waals surface area contributed by atoms with E-state index in [4.69, 9.17) is 9.84 Å². The van der Waals surface area contributed by atoms with Gasteiger partial charge < -0.3 is 30.3 Å². The van der Waals surface area contributed by atoms with Gasteiger partial charge in [0.1, 0.15) is 6.10 Å². The average Bonchev–Trinajstić information content (AvgIpc) is 3.01. The Morgan fingerprint density at radius 3 is 2.45 bits per heavy atom. The number of carbonyl (C=O) groups excluding carboxylic acids is 3. The molecular formula is C32H39N5O5. The molecule has 0 spiro atoms. The molecule has 222 valence electrons. The average molecular weight is 574 g/mol. The highest BCUT2D eigenvalue weighted by molar-refractivity contribution is 5.97. The van der Waals surface area contributed by atoms with Crippen molar-refractivity contribution < 1.29 is 24.2 Å². The maximum atomic E-state index is 13.0. The molecule has 4 N–H and O–H groups in total. The van der Waals surface area contributed by atoms with Gasteiger partial charge >= 0.3 is 6.09 Å². The highest BCUT2D eigenvalue weighted by Crippen LogP contribution is 2.28. The van der Waals surface area contributed by atoms with Gasteiger partial charge in [-0.3, -0.25) is 14.9 Å². The third-order valence-corrected chi connectivity index (χ3v) is 7.12. The van der Waals surface area contributed by atoms with Gasteiger partial charge in [0.25, 0.3) is 5.91 Å². The van der Waals surface area contributed by atoms with Crippen LogP contribution >= 0.6 is 0 Å². The number of ether oxygens (including phenoxy) is 1. The monoisotopic (exact) mass is 573 g/mol. The lowest BCUT2D eigenvalue weighted by Crippen LogP contribution is -2.42. The minimum atomic E-state index is -0.456. The molecule has 1 aliphatic rings. The third-order valence-electron chi connectivity index (χ3n) is 7.12. The second kappa shape index (κ2) is 15.7. The van der Waals surface area contributed by atoms with Crippen molar-refractivity contribution in [1.82, 2.24) is 15.1 Å². The van der Waals surface area contributed by atoms with Gasteiger partial charge in [-0.2, -0.15) is 0 Å². The van der Waals surface area contributed by atoms with Gasteiger partial charge in [-0.25, -0.2) is 4.79 Å². The number of carbonyl (C=O) groups is 3. The fraction of sp³-hybridized carbons (Fsp3) is 0.344. The van der Waals surface area contributed by atoms with Crippen LogP contribution in [0.3, 0.4) is 0 Å². The normalized spacial score (nSPS) is 13.8. The summed E-state index contributed by atoms with van der Waals surface area (Å²) in [5, 5.41) is 17.3. The summed E-state index contributed by atoms with van der Waals surface area (Å²) in [7, 11) is 1.76. The predicted octanol–water partition coefficient (Wildman–Crippen LogP) is 3.66. The minimum Gasteiger partial charge on any atom is -0.446 e. The van der Waals surface area contributed by atoms with Gasteiger partial charge in [-0.05, 0) is 42.7 Å². The smallest absolute Gasteiger partial charge is 0.411 e. The molecule has 0 unspecified atom stereocenters. The van der Waals surface area contributed by atoms with E-state index in [2.05, 4.69) is 20.9 Å². The van der Waals surface area contributed by atoms with Crippen LogP contribution in [0.25, 0.3) is 11.1 Å². The number of hydrogen-bond acceptors (Lipinski definition) is 7. The van der Waals surface area contributed by atoms with Crippen LogP contribution in [0.2, 0.25) is 0 Å². The van der Waals surface area contributed by atoms with E-state index in [9.17, 15) is 14.4 Å². The predicted molar refractivity (Wildman–Crippen MR) is 163 cm³/mol. The number of amides is 3. The van der Waals surface area contributed by atoms with E-state index in [1.165, 1.54) is 0 Å². The number of para-hydroxylation sites is 1. The van der Waals surface area contributed by atoms with Gasteiger partial charge in [-0.15, -0.1) is 0 Å². The largest absolute Gasteiger partial charge is 0.446 e. The van der Waals surface area contributed by atoms with Crippen LogP contribution in [0.4, 0.5) is 16.2 Å². The summed E-state index contributed by atoms with van der Waals surface area (Å²) >= 11 is 0. The Morgan fingerprint density at radius 2 is 1.69 bits per heavy atom. The molecule has 4 rings (SSSR count). The minimum absolute atomic E-state index is 0.0441. The van der Waals surface area contributed by atoms with Gasteiger partial charge in [0.15, 0.2) is 0 Å². The number of likely N-dealkylation sites (tertiary alicyclic amines) is 1. The second-order valence-electron chi connectivity index (χ2n) is 10.2. The summed E-state index contributed by atoms with van der Waals surface area (Å²) in [6.45, 7) is 3.16.